The van der Waals surface area contributed by atoms with E-state index >= 15 is 0 Å². The van der Waals surface area contributed by atoms with Gasteiger partial charge in [-0.3, -0.25) is 0 Å². The maximum atomic E-state index is 5.82. The zero-order valence-electron chi connectivity index (χ0n) is 17.7. The van der Waals surface area contributed by atoms with E-state index in [0.717, 1.165) is 24.0 Å². The number of rotatable bonds is 7. The average molecular weight is 383 g/mol. The Morgan fingerprint density at radius 3 is 1.11 bits per heavy atom. The molecule has 4 rings (SSSR count). The maximum Gasteiger partial charge on any atom is 0.225 e. The van der Waals surface area contributed by atoms with Crippen LogP contribution in [0.3, 0.4) is 0 Å². The Bertz CT molecular complexity index is 780. The van der Waals surface area contributed by atoms with Gasteiger partial charge >= 0.3 is 0 Å². The minimum Gasteiger partial charge on any atom is -0.347 e. The van der Waals surface area contributed by atoms with Crippen molar-refractivity contribution in [3.05, 3.63) is 70.8 Å². The zero-order valence-corrected chi connectivity index (χ0v) is 17.7. The number of epoxide rings is 2. The monoisotopic (exact) mass is 382 g/mol. The second-order valence-electron chi connectivity index (χ2n) is 8.76. The lowest BCUT2D eigenvalue weighted by Gasteiger charge is -2.15. The predicted octanol–water partition coefficient (Wildman–Crippen LogP) is 4.69. The van der Waals surface area contributed by atoms with Gasteiger partial charge < -0.3 is 18.9 Å². The van der Waals surface area contributed by atoms with Gasteiger partial charge in [0.15, 0.2) is 0 Å². The summed E-state index contributed by atoms with van der Waals surface area (Å²) in [6.45, 7) is 8.20. The molecule has 4 nitrogen and oxygen atoms in total. The van der Waals surface area contributed by atoms with E-state index in [1.807, 2.05) is 0 Å². The van der Waals surface area contributed by atoms with Crippen LogP contribution in [0.2, 0.25) is 0 Å². The Kier molecular flexibility index (Phi) is 4.47. The van der Waals surface area contributed by atoms with Crippen LogP contribution in [0.15, 0.2) is 48.5 Å². The first-order valence-corrected chi connectivity index (χ1v) is 9.89. The summed E-state index contributed by atoms with van der Waals surface area (Å²) in [6.07, 6.45) is 1.97. The molecule has 2 aromatic carbocycles. The molecule has 2 aliphatic rings. The molecule has 0 spiro atoms. The SMILES string of the molecule is COC1(c2ccc(CCc3ccc(C4(OC)OC4(C)C)cc3)cc2)OC1(C)C. The molecule has 0 saturated carbocycles. The van der Waals surface area contributed by atoms with Gasteiger partial charge in [-0.2, -0.15) is 0 Å². The largest absolute Gasteiger partial charge is 0.347 e. The highest BCUT2D eigenvalue weighted by molar-refractivity contribution is 5.34. The van der Waals surface area contributed by atoms with Crippen LogP contribution in [-0.2, 0) is 43.4 Å². The van der Waals surface area contributed by atoms with Crippen LogP contribution >= 0.6 is 0 Å². The lowest BCUT2D eigenvalue weighted by molar-refractivity contribution is -0.0150. The Morgan fingerprint density at radius 1 is 0.607 bits per heavy atom. The van der Waals surface area contributed by atoms with Gasteiger partial charge in [-0.05, 0) is 51.7 Å². The number of aryl methyl sites for hydroxylation is 2. The first kappa shape index (κ1) is 19.6. The van der Waals surface area contributed by atoms with E-state index in [-0.39, 0.29) is 11.2 Å². The molecule has 4 heteroatoms. The number of methoxy groups -OCH3 is 2. The molecule has 28 heavy (non-hydrogen) atoms. The van der Waals surface area contributed by atoms with E-state index < -0.39 is 11.6 Å². The molecule has 0 amide bonds. The van der Waals surface area contributed by atoms with E-state index in [9.17, 15) is 0 Å². The molecule has 0 N–H and O–H groups in total. The standard InChI is InChI=1S/C24H30O4/c1-21(2)23(25-5,27-21)19-13-9-17(10-14-19)7-8-18-11-15-20(16-12-18)24(26-6)22(3,4)28-24/h9-16H,7-8H2,1-6H3. The van der Waals surface area contributed by atoms with Crippen molar-refractivity contribution in [2.75, 3.05) is 14.2 Å². The molecule has 2 heterocycles. The highest BCUT2D eigenvalue weighted by atomic mass is 16.8. The fourth-order valence-electron chi connectivity index (χ4n) is 4.36. The van der Waals surface area contributed by atoms with Crippen molar-refractivity contribution >= 4 is 0 Å². The molecule has 0 radical (unpaired) electrons. The smallest absolute Gasteiger partial charge is 0.225 e. The van der Waals surface area contributed by atoms with Gasteiger partial charge in [-0.25, -0.2) is 0 Å². The van der Waals surface area contributed by atoms with E-state index in [1.165, 1.54) is 11.1 Å². The Balaban J connectivity index is 1.39. The van der Waals surface area contributed by atoms with Gasteiger partial charge in [0.05, 0.1) is 0 Å². The van der Waals surface area contributed by atoms with Gasteiger partial charge in [-0.1, -0.05) is 48.5 Å². The van der Waals surface area contributed by atoms with Gasteiger partial charge in [0.2, 0.25) is 11.6 Å². The van der Waals surface area contributed by atoms with Crippen molar-refractivity contribution in [2.24, 2.45) is 0 Å². The molecule has 2 fully saturated rings. The average Bonchev–Trinajstić information content (AvgIpc) is 3.49. The molecular weight excluding hydrogens is 352 g/mol. The fourth-order valence-corrected chi connectivity index (χ4v) is 4.36. The topological polar surface area (TPSA) is 43.5 Å². The van der Waals surface area contributed by atoms with Crippen LogP contribution in [0.1, 0.15) is 49.9 Å². The number of benzene rings is 2. The van der Waals surface area contributed by atoms with Gasteiger partial charge in [0, 0.05) is 25.3 Å². The predicted molar refractivity (Wildman–Crippen MR) is 108 cm³/mol. The van der Waals surface area contributed by atoms with Gasteiger partial charge in [0.25, 0.3) is 0 Å². The number of hydrogen-bond donors (Lipinski definition) is 0. The highest BCUT2D eigenvalue weighted by Gasteiger charge is 2.67. The van der Waals surface area contributed by atoms with Crippen LogP contribution in [0.4, 0.5) is 0 Å². The first-order chi connectivity index (χ1) is 13.2. The summed E-state index contributed by atoms with van der Waals surface area (Å²) in [6, 6.07) is 17.1. The van der Waals surface area contributed by atoms with Crippen LogP contribution in [0, 0.1) is 0 Å². The van der Waals surface area contributed by atoms with Crippen LogP contribution in [-0.4, -0.2) is 25.4 Å². The van der Waals surface area contributed by atoms with Crippen molar-refractivity contribution in [1.29, 1.82) is 0 Å². The van der Waals surface area contributed by atoms with Crippen molar-refractivity contribution in [1.82, 2.24) is 0 Å². The quantitative estimate of drug-likeness (QED) is 0.652. The number of ether oxygens (including phenoxy) is 4. The molecule has 0 aliphatic carbocycles. The van der Waals surface area contributed by atoms with Crippen LogP contribution in [0.5, 0.6) is 0 Å². The highest BCUT2D eigenvalue weighted by Crippen LogP contribution is 2.56. The van der Waals surface area contributed by atoms with E-state index in [1.54, 1.807) is 14.2 Å². The summed E-state index contributed by atoms with van der Waals surface area (Å²) < 4.78 is 22.9. The normalized spacial score (nSPS) is 29.5. The molecule has 0 bridgehead atoms. The van der Waals surface area contributed by atoms with Crippen LogP contribution < -0.4 is 0 Å². The summed E-state index contributed by atoms with van der Waals surface area (Å²) in [5, 5.41) is 0. The second-order valence-corrected chi connectivity index (χ2v) is 8.76. The Labute approximate surface area is 167 Å². The van der Waals surface area contributed by atoms with Gasteiger partial charge in [0.1, 0.15) is 11.2 Å². The summed E-state index contributed by atoms with van der Waals surface area (Å²) in [5.74, 6) is -1.20. The first-order valence-electron chi connectivity index (χ1n) is 9.89. The van der Waals surface area contributed by atoms with Crippen LogP contribution in [0.25, 0.3) is 0 Å². The third-order valence-corrected chi connectivity index (χ3v) is 6.24. The molecule has 2 aromatic rings. The van der Waals surface area contributed by atoms with Gasteiger partial charge in [-0.15, -0.1) is 0 Å². The summed E-state index contributed by atoms with van der Waals surface area (Å²) in [4.78, 5) is 0. The molecule has 2 unspecified atom stereocenters. The summed E-state index contributed by atoms with van der Waals surface area (Å²) in [5.41, 5.74) is 4.21. The zero-order chi connectivity index (χ0) is 20.2. The molecular formula is C24H30O4. The third kappa shape index (κ3) is 2.91. The summed E-state index contributed by atoms with van der Waals surface area (Å²) in [7, 11) is 3.40. The minimum absolute atomic E-state index is 0.273. The molecule has 2 aliphatic heterocycles. The molecule has 150 valence electrons. The van der Waals surface area contributed by atoms with E-state index in [0.29, 0.717) is 0 Å². The lowest BCUT2D eigenvalue weighted by atomic mass is 9.95. The molecule has 2 saturated heterocycles. The van der Waals surface area contributed by atoms with Crippen molar-refractivity contribution in [2.45, 2.75) is 63.3 Å². The van der Waals surface area contributed by atoms with Crippen molar-refractivity contribution < 1.29 is 18.9 Å². The number of hydrogen-bond acceptors (Lipinski definition) is 4. The lowest BCUT2D eigenvalue weighted by Crippen LogP contribution is -2.20. The molecule has 0 aromatic heterocycles. The summed E-state index contributed by atoms with van der Waals surface area (Å²) >= 11 is 0. The Hall–Kier alpha value is -1.72. The van der Waals surface area contributed by atoms with E-state index in [2.05, 4.69) is 76.2 Å². The van der Waals surface area contributed by atoms with Crippen molar-refractivity contribution in [3.63, 3.8) is 0 Å². The Morgan fingerprint density at radius 2 is 0.893 bits per heavy atom. The van der Waals surface area contributed by atoms with E-state index in [4.69, 9.17) is 18.9 Å². The second kappa shape index (κ2) is 6.39. The molecule has 2 atom stereocenters. The minimum atomic E-state index is -0.600. The fraction of sp³-hybridized carbons (Fsp3) is 0.500. The third-order valence-electron chi connectivity index (χ3n) is 6.24. The van der Waals surface area contributed by atoms with Crippen molar-refractivity contribution in [3.8, 4) is 0 Å². The maximum absolute atomic E-state index is 5.82.